The molecule has 1 heterocycles. The first-order valence-electron chi connectivity index (χ1n) is 3.55. The molecular formula is C7H8N2O3S. The molecule has 1 aromatic rings. The maximum atomic E-state index is 11.2. The van der Waals surface area contributed by atoms with Crippen molar-refractivity contribution < 1.29 is 14.7 Å². The van der Waals surface area contributed by atoms with E-state index in [0.29, 0.717) is 5.01 Å². The number of carboxylic acids is 1. The van der Waals surface area contributed by atoms with E-state index >= 15 is 0 Å². The summed E-state index contributed by atoms with van der Waals surface area (Å²) in [4.78, 5) is 25.1. The van der Waals surface area contributed by atoms with Crippen molar-refractivity contribution in [1.82, 2.24) is 10.3 Å². The molecule has 0 saturated heterocycles. The van der Waals surface area contributed by atoms with Gasteiger partial charge >= 0.3 is 5.97 Å². The van der Waals surface area contributed by atoms with Crippen LogP contribution in [0, 0.1) is 0 Å². The number of nitrogens with zero attached hydrogens (tertiary/aromatic N) is 1. The van der Waals surface area contributed by atoms with Crippen LogP contribution in [-0.2, 0) is 4.79 Å². The van der Waals surface area contributed by atoms with Gasteiger partial charge in [0.2, 0.25) is 5.78 Å². The predicted molar refractivity (Wildman–Crippen MR) is 47.0 cm³/mol. The Balaban J connectivity index is 2.31. The van der Waals surface area contributed by atoms with Crippen molar-refractivity contribution in [3.05, 3.63) is 16.6 Å². The highest BCUT2D eigenvalue weighted by Gasteiger charge is 2.07. The van der Waals surface area contributed by atoms with E-state index in [1.165, 1.54) is 17.5 Å². The molecule has 5 nitrogen and oxygen atoms in total. The Morgan fingerprint density at radius 1 is 1.54 bits per heavy atom. The third-order valence-electron chi connectivity index (χ3n) is 1.23. The summed E-state index contributed by atoms with van der Waals surface area (Å²) in [6.07, 6.45) is 1.54. The highest BCUT2D eigenvalue weighted by atomic mass is 32.1. The zero-order valence-corrected chi connectivity index (χ0v) is 7.50. The van der Waals surface area contributed by atoms with Crippen LogP contribution in [0.1, 0.15) is 9.80 Å². The number of aromatic nitrogens is 1. The molecule has 1 aromatic heterocycles. The number of carboxylic acid groups (broad SMARTS) is 1. The summed E-state index contributed by atoms with van der Waals surface area (Å²) in [5.41, 5.74) is 0. The van der Waals surface area contributed by atoms with Crippen molar-refractivity contribution in [3.8, 4) is 0 Å². The van der Waals surface area contributed by atoms with Gasteiger partial charge in [0.1, 0.15) is 0 Å². The molecule has 0 saturated carbocycles. The van der Waals surface area contributed by atoms with Gasteiger partial charge in [-0.1, -0.05) is 0 Å². The summed E-state index contributed by atoms with van der Waals surface area (Å²) in [6, 6.07) is 0. The van der Waals surface area contributed by atoms with Crippen molar-refractivity contribution in [2.45, 2.75) is 0 Å². The maximum Gasteiger partial charge on any atom is 0.317 e. The van der Waals surface area contributed by atoms with Gasteiger partial charge in [0.05, 0.1) is 13.1 Å². The molecule has 0 aromatic carbocycles. The number of carbonyl (C=O) groups is 2. The SMILES string of the molecule is O=C(O)CNCC(=O)c1nccs1. The Morgan fingerprint density at radius 2 is 2.31 bits per heavy atom. The second-order valence-electron chi connectivity index (χ2n) is 2.26. The Morgan fingerprint density at radius 3 is 2.85 bits per heavy atom. The molecule has 0 fully saturated rings. The molecule has 0 atom stereocenters. The summed E-state index contributed by atoms with van der Waals surface area (Å²) in [7, 11) is 0. The van der Waals surface area contributed by atoms with Gasteiger partial charge in [-0.3, -0.25) is 14.9 Å². The van der Waals surface area contributed by atoms with Crippen molar-refractivity contribution in [3.63, 3.8) is 0 Å². The lowest BCUT2D eigenvalue weighted by Crippen LogP contribution is -2.28. The summed E-state index contributed by atoms with van der Waals surface area (Å²) in [5.74, 6) is -1.16. The van der Waals surface area contributed by atoms with Crippen LogP contribution in [0.3, 0.4) is 0 Å². The van der Waals surface area contributed by atoms with E-state index in [0.717, 1.165) is 0 Å². The first-order chi connectivity index (χ1) is 6.20. The zero-order valence-electron chi connectivity index (χ0n) is 6.69. The number of hydrogen-bond acceptors (Lipinski definition) is 5. The molecule has 0 aliphatic rings. The summed E-state index contributed by atoms with van der Waals surface area (Å²) in [5, 5.41) is 12.9. The van der Waals surface area contributed by atoms with E-state index in [-0.39, 0.29) is 18.9 Å². The van der Waals surface area contributed by atoms with Gasteiger partial charge in [0.15, 0.2) is 5.01 Å². The number of carbonyl (C=O) groups excluding carboxylic acids is 1. The van der Waals surface area contributed by atoms with Gasteiger partial charge in [-0.05, 0) is 0 Å². The molecule has 6 heteroatoms. The number of aliphatic carboxylic acids is 1. The maximum absolute atomic E-state index is 11.2. The molecule has 0 unspecified atom stereocenters. The average Bonchev–Trinajstić information content (AvgIpc) is 2.55. The number of thiazole rings is 1. The molecule has 70 valence electrons. The van der Waals surface area contributed by atoms with Gasteiger partial charge < -0.3 is 5.11 Å². The fraction of sp³-hybridized carbons (Fsp3) is 0.286. The van der Waals surface area contributed by atoms with Crippen LogP contribution in [-0.4, -0.2) is 34.9 Å². The van der Waals surface area contributed by atoms with E-state index in [4.69, 9.17) is 5.11 Å². The lowest BCUT2D eigenvalue weighted by molar-refractivity contribution is -0.135. The molecule has 0 amide bonds. The normalized spacial score (nSPS) is 9.85. The van der Waals surface area contributed by atoms with Crippen molar-refractivity contribution in [1.29, 1.82) is 0 Å². The molecule has 0 aliphatic carbocycles. The molecular weight excluding hydrogens is 192 g/mol. The molecule has 0 radical (unpaired) electrons. The minimum Gasteiger partial charge on any atom is -0.480 e. The fourth-order valence-electron chi connectivity index (χ4n) is 0.720. The second kappa shape index (κ2) is 4.68. The zero-order chi connectivity index (χ0) is 9.68. The van der Waals surface area contributed by atoms with Gasteiger partial charge in [-0.25, -0.2) is 4.98 Å². The summed E-state index contributed by atoms with van der Waals surface area (Å²) >= 11 is 1.24. The van der Waals surface area contributed by atoms with E-state index in [1.54, 1.807) is 5.38 Å². The highest BCUT2D eigenvalue weighted by molar-refractivity contribution is 7.11. The second-order valence-corrected chi connectivity index (χ2v) is 3.15. The van der Waals surface area contributed by atoms with E-state index < -0.39 is 5.97 Å². The van der Waals surface area contributed by atoms with Crippen LogP contribution in [0.5, 0.6) is 0 Å². The number of rotatable bonds is 5. The first-order valence-corrected chi connectivity index (χ1v) is 4.43. The lowest BCUT2D eigenvalue weighted by Gasteiger charge is -1.97. The molecule has 0 aliphatic heterocycles. The van der Waals surface area contributed by atoms with Crippen LogP contribution < -0.4 is 5.32 Å². The number of Topliss-reactive ketones (excluding diaryl/α,β-unsaturated/α-hetero) is 1. The summed E-state index contributed by atoms with van der Waals surface area (Å²) in [6.45, 7) is -0.197. The van der Waals surface area contributed by atoms with Gasteiger partial charge in [-0.2, -0.15) is 0 Å². The van der Waals surface area contributed by atoms with Crippen LogP contribution >= 0.6 is 11.3 Å². The monoisotopic (exact) mass is 200 g/mol. The molecule has 0 spiro atoms. The van der Waals surface area contributed by atoms with E-state index in [1.807, 2.05) is 0 Å². The Bertz CT molecular complexity index is 297. The van der Waals surface area contributed by atoms with Gasteiger partial charge in [0.25, 0.3) is 0 Å². The van der Waals surface area contributed by atoms with Gasteiger partial charge in [0, 0.05) is 11.6 Å². The van der Waals surface area contributed by atoms with Crippen molar-refractivity contribution >= 4 is 23.1 Å². The number of hydrogen-bond donors (Lipinski definition) is 2. The van der Waals surface area contributed by atoms with Crippen molar-refractivity contribution in [2.75, 3.05) is 13.1 Å². The predicted octanol–water partition coefficient (Wildman–Crippen LogP) is 0.0000000000000000555. The Hall–Kier alpha value is -1.27. The minimum atomic E-state index is -0.980. The van der Waals surface area contributed by atoms with E-state index in [9.17, 15) is 9.59 Å². The third-order valence-corrected chi connectivity index (χ3v) is 2.05. The Kier molecular flexibility index (Phi) is 3.53. The highest BCUT2D eigenvalue weighted by Crippen LogP contribution is 2.03. The molecule has 1 rings (SSSR count). The van der Waals surface area contributed by atoms with Crippen LogP contribution in [0.25, 0.3) is 0 Å². The molecule has 2 N–H and O–H groups in total. The van der Waals surface area contributed by atoms with E-state index in [2.05, 4.69) is 10.3 Å². The first kappa shape index (κ1) is 9.82. The largest absolute Gasteiger partial charge is 0.480 e. The smallest absolute Gasteiger partial charge is 0.317 e. The number of ketones is 1. The van der Waals surface area contributed by atoms with Crippen LogP contribution in [0.15, 0.2) is 11.6 Å². The standard InChI is InChI=1S/C7H8N2O3S/c10-5(3-8-4-6(11)12)7-9-1-2-13-7/h1-2,8H,3-4H2,(H,11,12). The minimum absolute atomic E-state index is 0.0137. The average molecular weight is 200 g/mol. The molecule has 0 bridgehead atoms. The van der Waals surface area contributed by atoms with Crippen molar-refractivity contribution in [2.24, 2.45) is 0 Å². The van der Waals surface area contributed by atoms with Gasteiger partial charge in [-0.15, -0.1) is 11.3 Å². The number of nitrogens with one attached hydrogen (secondary N) is 1. The topological polar surface area (TPSA) is 79.3 Å². The lowest BCUT2D eigenvalue weighted by atomic mass is 10.4. The Labute approximate surface area is 78.4 Å². The summed E-state index contributed by atoms with van der Waals surface area (Å²) < 4.78 is 0. The van der Waals surface area contributed by atoms with Crippen LogP contribution in [0.4, 0.5) is 0 Å². The fourth-order valence-corrected chi connectivity index (χ4v) is 1.30. The van der Waals surface area contributed by atoms with Crippen LogP contribution in [0.2, 0.25) is 0 Å². The molecule has 13 heavy (non-hydrogen) atoms. The quantitative estimate of drug-likeness (QED) is 0.654. The third kappa shape index (κ3) is 3.30.